The number of aliphatic imine (C=N–C) groups is 1. The lowest BCUT2D eigenvalue weighted by molar-refractivity contribution is -0.127. The Morgan fingerprint density at radius 1 is 1.32 bits per heavy atom. The molecule has 1 aromatic rings. The van der Waals surface area contributed by atoms with E-state index in [-0.39, 0.29) is 36.1 Å². The van der Waals surface area contributed by atoms with E-state index in [0.717, 1.165) is 24.2 Å². The second-order valence-electron chi connectivity index (χ2n) is 8.30. The van der Waals surface area contributed by atoms with Crippen molar-refractivity contribution in [1.82, 2.24) is 15.5 Å². The first-order chi connectivity index (χ1) is 13.3. The van der Waals surface area contributed by atoms with Gasteiger partial charge in [0.25, 0.3) is 0 Å². The van der Waals surface area contributed by atoms with Crippen LogP contribution in [0.1, 0.15) is 38.3 Å². The Hall–Kier alpha value is -2.28. The number of hydrogen-bond acceptors (Lipinski definition) is 4. The van der Waals surface area contributed by atoms with E-state index >= 15 is 0 Å². The SMILES string of the molecule is COC1CC(NC(=NCC(=O)N(C)C)NC2CCOc3ccccc32)C1(C)C. The van der Waals surface area contributed by atoms with Gasteiger partial charge in [0.1, 0.15) is 12.3 Å². The number of likely N-dealkylation sites (N-methyl/N-ethyl adjacent to an activating group) is 1. The maximum Gasteiger partial charge on any atom is 0.243 e. The van der Waals surface area contributed by atoms with E-state index in [4.69, 9.17) is 9.47 Å². The molecule has 0 radical (unpaired) electrons. The molecule has 28 heavy (non-hydrogen) atoms. The Balaban J connectivity index is 1.76. The molecule has 0 aromatic heterocycles. The van der Waals surface area contributed by atoms with Gasteiger partial charge >= 0.3 is 0 Å². The average molecular weight is 389 g/mol. The van der Waals surface area contributed by atoms with Crippen LogP contribution in [0.2, 0.25) is 0 Å². The van der Waals surface area contributed by atoms with Crippen LogP contribution in [0, 0.1) is 5.41 Å². The van der Waals surface area contributed by atoms with Crippen molar-refractivity contribution in [3.05, 3.63) is 29.8 Å². The molecule has 1 fully saturated rings. The number of carbonyl (C=O) groups is 1. The average Bonchev–Trinajstić information content (AvgIpc) is 2.68. The quantitative estimate of drug-likeness (QED) is 0.596. The van der Waals surface area contributed by atoms with Crippen LogP contribution in [0.4, 0.5) is 0 Å². The zero-order chi connectivity index (χ0) is 20.3. The first-order valence-corrected chi connectivity index (χ1v) is 9.85. The van der Waals surface area contributed by atoms with Crippen molar-refractivity contribution >= 4 is 11.9 Å². The van der Waals surface area contributed by atoms with E-state index < -0.39 is 0 Å². The molecule has 0 spiro atoms. The van der Waals surface area contributed by atoms with Crippen LogP contribution in [-0.4, -0.2) is 63.3 Å². The summed E-state index contributed by atoms with van der Waals surface area (Å²) < 4.78 is 11.3. The van der Waals surface area contributed by atoms with E-state index in [1.807, 2.05) is 18.2 Å². The van der Waals surface area contributed by atoms with Crippen molar-refractivity contribution in [2.45, 2.75) is 44.9 Å². The minimum Gasteiger partial charge on any atom is -0.493 e. The summed E-state index contributed by atoms with van der Waals surface area (Å²) >= 11 is 0. The van der Waals surface area contributed by atoms with Crippen LogP contribution < -0.4 is 15.4 Å². The molecule has 7 heteroatoms. The minimum absolute atomic E-state index is 0.00363. The number of ether oxygens (including phenoxy) is 2. The number of fused-ring (bicyclic) bond motifs is 1. The van der Waals surface area contributed by atoms with Crippen molar-refractivity contribution in [3.63, 3.8) is 0 Å². The van der Waals surface area contributed by atoms with E-state index in [1.165, 1.54) is 0 Å². The molecule has 0 saturated heterocycles. The van der Waals surface area contributed by atoms with Gasteiger partial charge in [-0.3, -0.25) is 4.79 Å². The number of para-hydroxylation sites is 1. The van der Waals surface area contributed by atoms with Crippen LogP contribution in [0.5, 0.6) is 5.75 Å². The monoisotopic (exact) mass is 388 g/mol. The number of benzene rings is 1. The number of methoxy groups -OCH3 is 1. The molecule has 154 valence electrons. The van der Waals surface area contributed by atoms with Gasteiger partial charge in [-0.25, -0.2) is 4.99 Å². The molecule has 3 atom stereocenters. The van der Waals surface area contributed by atoms with E-state index in [2.05, 4.69) is 35.5 Å². The highest BCUT2D eigenvalue weighted by molar-refractivity contribution is 5.85. The number of rotatable bonds is 5. The maximum atomic E-state index is 12.1. The lowest BCUT2D eigenvalue weighted by atomic mass is 9.64. The predicted molar refractivity (Wildman–Crippen MR) is 110 cm³/mol. The summed E-state index contributed by atoms with van der Waals surface area (Å²) in [4.78, 5) is 18.2. The molecular formula is C21H32N4O3. The third kappa shape index (κ3) is 4.24. The summed E-state index contributed by atoms with van der Waals surface area (Å²) in [6, 6.07) is 8.37. The Morgan fingerprint density at radius 2 is 2.07 bits per heavy atom. The zero-order valence-electron chi connectivity index (χ0n) is 17.5. The molecule has 3 rings (SSSR count). The van der Waals surface area contributed by atoms with Crippen LogP contribution in [0.3, 0.4) is 0 Å². The topological polar surface area (TPSA) is 75.2 Å². The molecule has 1 aliphatic carbocycles. The van der Waals surface area contributed by atoms with Crippen LogP contribution in [0.15, 0.2) is 29.3 Å². The van der Waals surface area contributed by atoms with Crippen LogP contribution >= 0.6 is 0 Å². The number of amides is 1. The number of nitrogens with zero attached hydrogens (tertiary/aromatic N) is 2. The lowest BCUT2D eigenvalue weighted by Crippen LogP contribution is -2.63. The summed E-state index contributed by atoms with van der Waals surface area (Å²) in [5.74, 6) is 1.53. The summed E-state index contributed by atoms with van der Waals surface area (Å²) in [5, 5.41) is 7.05. The molecule has 1 aromatic carbocycles. The highest BCUT2D eigenvalue weighted by Crippen LogP contribution is 2.42. The first-order valence-electron chi connectivity index (χ1n) is 9.85. The van der Waals surface area contributed by atoms with Crippen molar-refractivity contribution in [3.8, 4) is 5.75 Å². The molecule has 2 N–H and O–H groups in total. The van der Waals surface area contributed by atoms with E-state index in [1.54, 1.807) is 26.1 Å². The largest absolute Gasteiger partial charge is 0.493 e. The van der Waals surface area contributed by atoms with Crippen molar-refractivity contribution in [2.75, 3.05) is 34.4 Å². The maximum absolute atomic E-state index is 12.1. The van der Waals surface area contributed by atoms with Gasteiger partial charge in [0.05, 0.1) is 18.8 Å². The zero-order valence-corrected chi connectivity index (χ0v) is 17.5. The summed E-state index contributed by atoms with van der Waals surface area (Å²) in [6.07, 6.45) is 1.98. The molecule has 7 nitrogen and oxygen atoms in total. The predicted octanol–water partition coefficient (Wildman–Crippen LogP) is 1.95. The highest BCUT2D eigenvalue weighted by atomic mass is 16.5. The van der Waals surface area contributed by atoms with Gasteiger partial charge in [-0.2, -0.15) is 0 Å². The first kappa shape index (κ1) is 20.5. The fourth-order valence-electron chi connectivity index (χ4n) is 3.77. The van der Waals surface area contributed by atoms with Gasteiger partial charge in [-0.1, -0.05) is 32.0 Å². The van der Waals surface area contributed by atoms with Gasteiger partial charge < -0.3 is 25.0 Å². The Bertz CT molecular complexity index is 732. The molecule has 1 aliphatic heterocycles. The van der Waals surface area contributed by atoms with Gasteiger partial charge in [-0.05, 0) is 12.5 Å². The molecule has 0 bridgehead atoms. The third-order valence-electron chi connectivity index (χ3n) is 5.91. The smallest absolute Gasteiger partial charge is 0.243 e. The number of nitrogens with one attached hydrogen (secondary N) is 2. The fraction of sp³-hybridized carbons (Fsp3) is 0.619. The van der Waals surface area contributed by atoms with Gasteiger partial charge in [0.2, 0.25) is 5.91 Å². The summed E-state index contributed by atoms with van der Waals surface area (Å²) in [7, 11) is 5.24. The van der Waals surface area contributed by atoms with E-state index in [9.17, 15) is 4.79 Å². The third-order valence-corrected chi connectivity index (χ3v) is 5.91. The minimum atomic E-state index is -0.0314. The van der Waals surface area contributed by atoms with Crippen LogP contribution in [0.25, 0.3) is 0 Å². The van der Waals surface area contributed by atoms with Crippen molar-refractivity contribution < 1.29 is 14.3 Å². The van der Waals surface area contributed by atoms with Gasteiger partial charge in [0.15, 0.2) is 5.96 Å². The summed E-state index contributed by atoms with van der Waals surface area (Å²) in [6.45, 7) is 5.14. The molecule has 1 amide bonds. The van der Waals surface area contributed by atoms with Gasteiger partial charge in [0, 0.05) is 44.6 Å². The van der Waals surface area contributed by atoms with Gasteiger partial charge in [-0.15, -0.1) is 0 Å². The van der Waals surface area contributed by atoms with Crippen LogP contribution in [-0.2, 0) is 9.53 Å². The lowest BCUT2D eigenvalue weighted by Gasteiger charge is -2.51. The Morgan fingerprint density at radius 3 is 2.75 bits per heavy atom. The molecule has 3 unspecified atom stereocenters. The molecule has 2 aliphatic rings. The second kappa shape index (κ2) is 8.39. The van der Waals surface area contributed by atoms with E-state index in [0.29, 0.717) is 12.6 Å². The standard InChI is InChI=1S/C21H32N4O3/c1-21(2)17(12-18(21)27-5)24-20(22-13-19(26)25(3)4)23-15-10-11-28-16-9-7-6-8-14(15)16/h6-9,15,17-18H,10-13H2,1-5H3,(H2,22,23,24). The number of hydrogen-bond donors (Lipinski definition) is 2. The molecule has 1 saturated carbocycles. The van der Waals surface area contributed by atoms with Crippen molar-refractivity contribution in [1.29, 1.82) is 0 Å². The summed E-state index contributed by atoms with van der Waals surface area (Å²) in [5.41, 5.74) is 1.11. The number of guanidine groups is 1. The fourth-order valence-corrected chi connectivity index (χ4v) is 3.77. The molecule has 1 heterocycles. The highest BCUT2D eigenvalue weighted by Gasteiger charge is 2.49. The second-order valence-corrected chi connectivity index (χ2v) is 8.30. The van der Waals surface area contributed by atoms with Crippen molar-refractivity contribution in [2.24, 2.45) is 10.4 Å². The molecular weight excluding hydrogens is 356 g/mol. The Kier molecular flexibility index (Phi) is 6.13. The number of carbonyl (C=O) groups excluding carboxylic acids is 1. The Labute approximate surface area is 167 Å². The normalized spacial score (nSPS) is 25.8.